The minimum Gasteiger partial charge on any atom is -0.497 e. The molecule has 0 spiro atoms. The van der Waals surface area contributed by atoms with Crippen LogP contribution in [0.1, 0.15) is 17.5 Å². The highest BCUT2D eigenvalue weighted by molar-refractivity contribution is 5.72. The minimum atomic E-state index is 0.206. The number of para-hydroxylation sites is 1. The summed E-state index contributed by atoms with van der Waals surface area (Å²) >= 11 is 0. The van der Waals surface area contributed by atoms with E-state index in [1.54, 1.807) is 7.11 Å². The molecule has 0 saturated heterocycles. The molecular weight excluding hydrogens is 262 g/mol. The molecule has 0 saturated carbocycles. The molecule has 0 bridgehead atoms. The SMILES string of the molecule is COc1ccc2c(c1)N(CCCO)c1ccccc1CC2. The molecule has 0 unspecified atom stereocenters. The number of aliphatic hydroxyl groups is 1. The van der Waals surface area contributed by atoms with Crippen molar-refractivity contribution < 1.29 is 9.84 Å². The number of hydrogen-bond acceptors (Lipinski definition) is 3. The quantitative estimate of drug-likeness (QED) is 0.934. The number of aliphatic hydroxyl groups excluding tert-OH is 1. The van der Waals surface area contributed by atoms with Crippen LogP contribution in [0, 0.1) is 0 Å². The minimum absolute atomic E-state index is 0.206. The molecular formula is C18H21NO2. The Balaban J connectivity index is 2.09. The van der Waals surface area contributed by atoms with Crippen LogP contribution >= 0.6 is 0 Å². The van der Waals surface area contributed by atoms with Gasteiger partial charge in [0.05, 0.1) is 7.11 Å². The number of nitrogens with zero attached hydrogens (tertiary/aromatic N) is 1. The number of anilines is 2. The Bertz CT molecular complexity index is 624. The van der Waals surface area contributed by atoms with E-state index >= 15 is 0 Å². The van der Waals surface area contributed by atoms with E-state index in [0.717, 1.165) is 31.6 Å². The molecule has 3 heteroatoms. The standard InChI is InChI=1S/C18H21NO2/c1-21-16-10-9-15-8-7-14-5-2-3-6-17(14)19(11-4-12-20)18(15)13-16/h2-3,5-6,9-10,13,20H,4,7-8,11-12H2,1H3. The van der Waals surface area contributed by atoms with E-state index in [2.05, 4.69) is 41.3 Å². The van der Waals surface area contributed by atoms with Gasteiger partial charge in [-0.1, -0.05) is 24.3 Å². The van der Waals surface area contributed by atoms with E-state index in [9.17, 15) is 5.11 Å². The summed E-state index contributed by atoms with van der Waals surface area (Å²) < 4.78 is 5.39. The van der Waals surface area contributed by atoms with Crippen molar-refractivity contribution in [3.8, 4) is 5.75 Å². The molecule has 1 heterocycles. The largest absolute Gasteiger partial charge is 0.497 e. The van der Waals surface area contributed by atoms with E-state index in [-0.39, 0.29) is 6.61 Å². The number of fused-ring (bicyclic) bond motifs is 2. The Labute approximate surface area is 125 Å². The fraction of sp³-hybridized carbons (Fsp3) is 0.333. The first kappa shape index (κ1) is 14.0. The zero-order valence-corrected chi connectivity index (χ0v) is 12.4. The van der Waals surface area contributed by atoms with Gasteiger partial charge in [0.15, 0.2) is 0 Å². The third-order valence-corrected chi connectivity index (χ3v) is 4.07. The molecule has 2 aromatic rings. The smallest absolute Gasteiger partial charge is 0.120 e. The van der Waals surface area contributed by atoms with Gasteiger partial charge in [0.25, 0.3) is 0 Å². The van der Waals surface area contributed by atoms with E-state index < -0.39 is 0 Å². The fourth-order valence-electron chi connectivity index (χ4n) is 2.99. The number of rotatable bonds is 4. The Morgan fingerprint density at radius 1 is 1.05 bits per heavy atom. The Kier molecular flexibility index (Phi) is 4.11. The summed E-state index contributed by atoms with van der Waals surface area (Å²) in [5, 5.41) is 9.21. The van der Waals surface area contributed by atoms with Gasteiger partial charge in [0.2, 0.25) is 0 Å². The van der Waals surface area contributed by atoms with Gasteiger partial charge < -0.3 is 14.7 Å². The van der Waals surface area contributed by atoms with Gasteiger partial charge in [-0.05, 0) is 42.5 Å². The van der Waals surface area contributed by atoms with Crippen molar-refractivity contribution in [1.29, 1.82) is 0 Å². The maximum absolute atomic E-state index is 9.21. The predicted octanol–water partition coefficient (Wildman–Crippen LogP) is 3.31. The van der Waals surface area contributed by atoms with Gasteiger partial charge in [-0.15, -0.1) is 0 Å². The van der Waals surface area contributed by atoms with E-state index in [1.807, 2.05) is 6.07 Å². The van der Waals surface area contributed by atoms with Crippen molar-refractivity contribution in [2.75, 3.05) is 25.2 Å². The Morgan fingerprint density at radius 2 is 1.81 bits per heavy atom. The van der Waals surface area contributed by atoms with Crippen LogP contribution in [-0.4, -0.2) is 25.4 Å². The van der Waals surface area contributed by atoms with Crippen LogP contribution in [0.25, 0.3) is 0 Å². The Morgan fingerprint density at radius 3 is 2.57 bits per heavy atom. The van der Waals surface area contributed by atoms with Crippen molar-refractivity contribution >= 4 is 11.4 Å². The normalized spacial score (nSPS) is 13.3. The summed E-state index contributed by atoms with van der Waals surface area (Å²) in [6.45, 7) is 1.02. The third-order valence-electron chi connectivity index (χ3n) is 4.07. The predicted molar refractivity (Wildman–Crippen MR) is 85.6 cm³/mol. The van der Waals surface area contributed by atoms with Crippen LogP contribution in [0.3, 0.4) is 0 Å². The molecule has 0 amide bonds. The third kappa shape index (κ3) is 2.74. The highest BCUT2D eigenvalue weighted by Crippen LogP contribution is 2.37. The van der Waals surface area contributed by atoms with Gasteiger partial charge in [0, 0.05) is 30.6 Å². The topological polar surface area (TPSA) is 32.7 Å². The zero-order chi connectivity index (χ0) is 14.7. The molecule has 0 aromatic heterocycles. The molecule has 0 atom stereocenters. The first-order valence-electron chi connectivity index (χ1n) is 7.46. The van der Waals surface area contributed by atoms with Crippen molar-refractivity contribution in [2.45, 2.75) is 19.3 Å². The van der Waals surface area contributed by atoms with Crippen molar-refractivity contribution in [1.82, 2.24) is 0 Å². The molecule has 1 N–H and O–H groups in total. The molecule has 21 heavy (non-hydrogen) atoms. The highest BCUT2D eigenvalue weighted by atomic mass is 16.5. The molecule has 3 rings (SSSR count). The van der Waals surface area contributed by atoms with Crippen LogP contribution < -0.4 is 9.64 Å². The summed E-state index contributed by atoms with van der Waals surface area (Å²) in [6.07, 6.45) is 2.84. The molecule has 3 nitrogen and oxygen atoms in total. The van der Waals surface area contributed by atoms with Crippen LogP contribution in [0.5, 0.6) is 5.75 Å². The van der Waals surface area contributed by atoms with Crippen LogP contribution in [-0.2, 0) is 12.8 Å². The lowest BCUT2D eigenvalue weighted by molar-refractivity contribution is 0.291. The molecule has 1 aliphatic rings. The number of ether oxygens (including phenoxy) is 1. The van der Waals surface area contributed by atoms with Gasteiger partial charge in [0.1, 0.15) is 5.75 Å². The summed E-state index contributed by atoms with van der Waals surface area (Å²) in [4.78, 5) is 2.32. The average Bonchev–Trinajstić information content (AvgIpc) is 2.69. The summed E-state index contributed by atoms with van der Waals surface area (Å²) in [5.41, 5.74) is 5.15. The van der Waals surface area contributed by atoms with Crippen LogP contribution in [0.4, 0.5) is 11.4 Å². The van der Waals surface area contributed by atoms with E-state index in [4.69, 9.17) is 4.74 Å². The molecule has 2 aromatic carbocycles. The van der Waals surface area contributed by atoms with E-state index in [1.165, 1.54) is 22.5 Å². The summed E-state index contributed by atoms with van der Waals surface area (Å²) in [5.74, 6) is 0.877. The zero-order valence-electron chi connectivity index (χ0n) is 12.4. The lowest BCUT2D eigenvalue weighted by Crippen LogP contribution is -2.20. The monoisotopic (exact) mass is 283 g/mol. The second-order valence-corrected chi connectivity index (χ2v) is 5.35. The Hall–Kier alpha value is -2.00. The number of benzene rings is 2. The summed E-state index contributed by atoms with van der Waals surface area (Å²) in [7, 11) is 1.70. The van der Waals surface area contributed by atoms with Crippen molar-refractivity contribution in [3.05, 3.63) is 53.6 Å². The average molecular weight is 283 g/mol. The molecule has 110 valence electrons. The van der Waals surface area contributed by atoms with Crippen LogP contribution in [0.2, 0.25) is 0 Å². The maximum atomic E-state index is 9.21. The number of aryl methyl sites for hydroxylation is 2. The van der Waals surface area contributed by atoms with Crippen LogP contribution in [0.15, 0.2) is 42.5 Å². The maximum Gasteiger partial charge on any atom is 0.120 e. The second kappa shape index (κ2) is 6.19. The second-order valence-electron chi connectivity index (χ2n) is 5.35. The lowest BCUT2D eigenvalue weighted by Gasteiger charge is -2.27. The molecule has 0 radical (unpaired) electrons. The number of hydrogen-bond donors (Lipinski definition) is 1. The van der Waals surface area contributed by atoms with Gasteiger partial charge in [-0.3, -0.25) is 0 Å². The van der Waals surface area contributed by atoms with E-state index in [0.29, 0.717) is 0 Å². The lowest BCUT2D eigenvalue weighted by atomic mass is 10.0. The van der Waals surface area contributed by atoms with Gasteiger partial charge in [-0.2, -0.15) is 0 Å². The highest BCUT2D eigenvalue weighted by Gasteiger charge is 2.20. The molecule has 1 aliphatic heterocycles. The van der Waals surface area contributed by atoms with Gasteiger partial charge in [-0.25, -0.2) is 0 Å². The molecule has 0 aliphatic carbocycles. The van der Waals surface area contributed by atoms with Gasteiger partial charge >= 0.3 is 0 Å². The first-order valence-corrected chi connectivity index (χ1v) is 7.46. The first-order chi connectivity index (χ1) is 10.3. The van der Waals surface area contributed by atoms with Crippen molar-refractivity contribution in [2.24, 2.45) is 0 Å². The fourth-order valence-corrected chi connectivity index (χ4v) is 2.99. The van der Waals surface area contributed by atoms with Crippen molar-refractivity contribution in [3.63, 3.8) is 0 Å². The number of methoxy groups -OCH3 is 1. The molecule has 0 fully saturated rings. The summed E-state index contributed by atoms with van der Waals surface area (Å²) in [6, 6.07) is 14.8.